The van der Waals surface area contributed by atoms with Crippen LogP contribution in [0.25, 0.3) is 0 Å². The minimum atomic E-state index is -1.98. The van der Waals surface area contributed by atoms with Crippen molar-refractivity contribution in [3.8, 4) is 0 Å². The second-order valence-electron chi connectivity index (χ2n) is 14.5. The highest BCUT2D eigenvalue weighted by molar-refractivity contribution is 7.87. The van der Waals surface area contributed by atoms with Crippen molar-refractivity contribution in [2.24, 2.45) is 0 Å². The molecule has 0 heterocycles. The Bertz CT molecular complexity index is 559. The summed E-state index contributed by atoms with van der Waals surface area (Å²) in [6, 6.07) is 0. The molecule has 0 aliphatic rings. The Morgan fingerprint density at radius 2 is 1.19 bits per heavy atom. The fourth-order valence-corrected chi connectivity index (χ4v) is 102. The highest BCUT2D eigenvalue weighted by Gasteiger charge is 2.64. The second-order valence-corrected chi connectivity index (χ2v) is 58.7. The molecule has 0 aromatic heterocycles. The van der Waals surface area contributed by atoms with Gasteiger partial charge in [0.2, 0.25) is 0 Å². The van der Waals surface area contributed by atoms with Crippen molar-refractivity contribution in [2.75, 3.05) is 0 Å². The summed E-state index contributed by atoms with van der Waals surface area (Å²) in [5.41, 5.74) is 0. The Labute approximate surface area is 206 Å². The van der Waals surface area contributed by atoms with Crippen LogP contribution in [-0.2, 0) is 8.85 Å². The van der Waals surface area contributed by atoms with Crippen LogP contribution in [0.4, 0.5) is 0 Å². The summed E-state index contributed by atoms with van der Waals surface area (Å²) < 4.78 is 14.3. The van der Waals surface area contributed by atoms with E-state index in [1.165, 1.54) is 0 Å². The lowest BCUT2D eigenvalue weighted by Gasteiger charge is -2.57. The zero-order valence-electron chi connectivity index (χ0n) is 24.4. The molecule has 0 radical (unpaired) electrons. The predicted octanol–water partition coefficient (Wildman–Crippen LogP) is 7.69. The third-order valence-corrected chi connectivity index (χ3v) is 79.6. The molecule has 0 rings (SSSR count). The third kappa shape index (κ3) is 8.14. The van der Waals surface area contributed by atoms with Gasteiger partial charge in [0.05, 0.1) is 28.9 Å². The Morgan fingerprint density at radius 1 is 0.781 bits per heavy atom. The van der Waals surface area contributed by atoms with Crippen LogP contribution >= 0.6 is 0 Å². The van der Waals surface area contributed by atoms with Crippen LogP contribution < -0.4 is 0 Å². The molecule has 3 atom stereocenters. The molecule has 3 nitrogen and oxygen atoms in total. The quantitative estimate of drug-likeness (QED) is 0.194. The first-order valence-corrected chi connectivity index (χ1v) is 30.9. The standard InChI is InChI=1S/C24H58O3Si5/c1-17-18-22(25)20-23(19-21(2)26-31(15,16)24(3,4)5)27-32(28(6,7)8,29(9,10)11)30(12,13)14/h17,21-23,25H,1,18-20H2,2-16H3/t21-,22+,23-/m0/s1. The van der Waals surface area contributed by atoms with Gasteiger partial charge in [-0.3, -0.25) is 0 Å². The summed E-state index contributed by atoms with van der Waals surface area (Å²) in [7, 11) is -6.54. The maximum atomic E-state index is 10.8. The minimum absolute atomic E-state index is 0.0570. The van der Waals surface area contributed by atoms with E-state index in [9.17, 15) is 5.11 Å². The molecule has 0 aromatic carbocycles. The molecule has 0 bridgehead atoms. The van der Waals surface area contributed by atoms with Crippen LogP contribution in [-0.4, -0.2) is 61.4 Å². The first-order chi connectivity index (χ1) is 13.9. The van der Waals surface area contributed by atoms with Crippen molar-refractivity contribution < 1.29 is 14.0 Å². The van der Waals surface area contributed by atoms with E-state index in [-0.39, 0.29) is 17.2 Å². The van der Waals surface area contributed by atoms with Crippen LogP contribution in [0.15, 0.2) is 12.7 Å². The average Bonchev–Trinajstić information content (AvgIpc) is 2.46. The first-order valence-electron chi connectivity index (χ1n) is 12.6. The number of hydrogen-bond acceptors (Lipinski definition) is 3. The lowest BCUT2D eigenvalue weighted by atomic mass is 10.0. The number of rotatable bonds is 13. The van der Waals surface area contributed by atoms with Gasteiger partial charge in [-0.15, -0.1) is 6.58 Å². The lowest BCUT2D eigenvalue weighted by molar-refractivity contribution is 0.0630. The molecule has 0 aliphatic carbocycles. The van der Waals surface area contributed by atoms with E-state index in [1.54, 1.807) is 0 Å². The SMILES string of the molecule is C=CC[C@@H](O)C[C@H](C[C@H](C)O[Si](C)(C)C(C)(C)C)O[Si]([Si](C)(C)C)([Si](C)(C)C)[Si](C)(C)C. The molecule has 0 aliphatic heterocycles. The van der Waals surface area contributed by atoms with E-state index in [0.29, 0.717) is 12.8 Å². The minimum Gasteiger partial charge on any atom is -0.423 e. The molecule has 32 heavy (non-hydrogen) atoms. The summed E-state index contributed by atoms with van der Waals surface area (Å²) in [5, 5.41) is 11.0. The van der Waals surface area contributed by atoms with E-state index in [2.05, 4.69) is 106 Å². The number of aliphatic hydroxyl groups is 1. The summed E-state index contributed by atoms with van der Waals surface area (Å²) in [6.07, 6.45) is 3.81. The summed E-state index contributed by atoms with van der Waals surface area (Å²) in [6.45, 7) is 38.7. The fraction of sp³-hybridized carbons (Fsp3) is 0.917. The van der Waals surface area contributed by atoms with Gasteiger partial charge < -0.3 is 14.0 Å². The summed E-state index contributed by atoms with van der Waals surface area (Å²) in [5.74, 6) is 0. The van der Waals surface area contributed by atoms with Gasteiger partial charge >= 0.3 is 0 Å². The van der Waals surface area contributed by atoms with Crippen molar-refractivity contribution in [1.29, 1.82) is 0 Å². The molecule has 8 heteroatoms. The molecule has 0 aromatic rings. The van der Waals surface area contributed by atoms with Crippen LogP contribution in [0.5, 0.6) is 0 Å². The van der Waals surface area contributed by atoms with Gasteiger partial charge in [0, 0.05) is 12.2 Å². The molecule has 0 saturated heterocycles. The van der Waals surface area contributed by atoms with E-state index in [4.69, 9.17) is 8.85 Å². The smallest absolute Gasteiger partial charge is 0.192 e. The Morgan fingerprint density at radius 3 is 1.50 bits per heavy atom. The van der Waals surface area contributed by atoms with E-state index in [0.717, 1.165) is 6.42 Å². The number of hydrogen-bond donors (Lipinski definition) is 1. The fourth-order valence-electron chi connectivity index (χ4n) is 6.04. The predicted molar refractivity (Wildman–Crippen MR) is 158 cm³/mol. The van der Waals surface area contributed by atoms with Gasteiger partial charge in [0.25, 0.3) is 0 Å². The zero-order chi connectivity index (χ0) is 26.0. The van der Waals surface area contributed by atoms with Crippen molar-refractivity contribution in [1.82, 2.24) is 0 Å². The molecule has 0 spiro atoms. The van der Waals surface area contributed by atoms with E-state index < -0.39 is 44.1 Å². The van der Waals surface area contributed by atoms with Crippen LogP contribution in [0.3, 0.4) is 0 Å². The molecule has 1 N–H and O–H groups in total. The topological polar surface area (TPSA) is 38.7 Å². The average molecular weight is 535 g/mol. The lowest BCUT2D eigenvalue weighted by Crippen LogP contribution is -2.85. The molecule has 0 amide bonds. The molecule has 0 saturated carbocycles. The maximum absolute atomic E-state index is 10.8. The van der Waals surface area contributed by atoms with E-state index >= 15 is 0 Å². The Kier molecular flexibility index (Phi) is 11.4. The first kappa shape index (κ1) is 32.7. The van der Waals surface area contributed by atoms with Crippen molar-refractivity contribution in [3.63, 3.8) is 0 Å². The maximum Gasteiger partial charge on any atom is 0.192 e. The van der Waals surface area contributed by atoms with Crippen LogP contribution in [0.2, 0.25) is 77.1 Å². The van der Waals surface area contributed by atoms with Crippen LogP contribution in [0.1, 0.15) is 47.0 Å². The van der Waals surface area contributed by atoms with Crippen molar-refractivity contribution in [2.45, 2.75) is 142 Å². The van der Waals surface area contributed by atoms with Gasteiger partial charge in [0.1, 0.15) is 0 Å². The van der Waals surface area contributed by atoms with Crippen LogP contribution in [0, 0.1) is 0 Å². The normalized spacial score (nSPS) is 17.8. The molecule has 0 unspecified atom stereocenters. The van der Waals surface area contributed by atoms with Gasteiger partial charge in [-0.1, -0.05) is 85.8 Å². The Hall–Kier alpha value is 0.704. The molecule has 192 valence electrons. The van der Waals surface area contributed by atoms with Gasteiger partial charge in [-0.25, -0.2) is 0 Å². The largest absolute Gasteiger partial charge is 0.423 e. The number of aliphatic hydroxyl groups excluding tert-OH is 1. The second kappa shape index (κ2) is 11.2. The van der Waals surface area contributed by atoms with Crippen molar-refractivity contribution >= 4 is 38.0 Å². The van der Waals surface area contributed by atoms with Gasteiger partial charge in [-0.2, -0.15) is 0 Å². The Balaban J connectivity index is 6.23. The highest BCUT2D eigenvalue weighted by Crippen LogP contribution is 2.41. The summed E-state index contributed by atoms with van der Waals surface area (Å²) in [4.78, 5) is 0. The zero-order valence-corrected chi connectivity index (χ0v) is 29.4. The van der Waals surface area contributed by atoms with E-state index in [1.807, 2.05) is 6.08 Å². The van der Waals surface area contributed by atoms with Gasteiger partial charge in [-0.05, 0) is 44.3 Å². The summed E-state index contributed by atoms with van der Waals surface area (Å²) >= 11 is 0. The molecular weight excluding hydrogens is 477 g/mol. The van der Waals surface area contributed by atoms with Crippen molar-refractivity contribution in [3.05, 3.63) is 12.7 Å². The van der Waals surface area contributed by atoms with Gasteiger partial charge in [0.15, 0.2) is 15.2 Å². The highest BCUT2D eigenvalue weighted by atomic mass is 29.9. The molecular formula is C24H58O3Si5. The molecule has 0 fully saturated rings. The monoisotopic (exact) mass is 534 g/mol. The third-order valence-electron chi connectivity index (χ3n) is 7.38.